The monoisotopic (exact) mass is 352 g/mol. The van der Waals surface area contributed by atoms with Crippen LogP contribution in [-0.2, 0) is 14.9 Å². The quantitative estimate of drug-likeness (QED) is 0.915. The molecule has 2 aliphatic heterocycles. The third-order valence-electron chi connectivity index (χ3n) is 5.17. The summed E-state index contributed by atoms with van der Waals surface area (Å²) < 4.78 is 5.49. The number of likely N-dealkylation sites (N-methyl/N-ethyl adjacent to an activating group) is 1. The first kappa shape index (κ1) is 16.7. The minimum atomic E-state index is -0.545. The number of carbonyl (C=O) groups excluding carboxylic acids is 2. The van der Waals surface area contributed by atoms with Crippen molar-refractivity contribution in [2.24, 2.45) is 0 Å². The maximum absolute atomic E-state index is 13.1. The molecule has 2 aromatic rings. The lowest BCUT2D eigenvalue weighted by molar-refractivity contribution is -0.126. The Labute approximate surface area is 151 Å². The summed E-state index contributed by atoms with van der Waals surface area (Å²) in [7, 11) is 0. The Morgan fingerprint density at radius 2 is 2.12 bits per heavy atom. The lowest BCUT2D eigenvalue weighted by Gasteiger charge is -2.32. The van der Waals surface area contributed by atoms with Crippen molar-refractivity contribution >= 4 is 23.2 Å². The molecule has 0 aliphatic carbocycles. The number of nitrogens with one attached hydrogen (secondary N) is 1. The summed E-state index contributed by atoms with van der Waals surface area (Å²) in [4.78, 5) is 35.2. The van der Waals surface area contributed by atoms with Gasteiger partial charge in [0.05, 0.1) is 11.6 Å². The third-order valence-corrected chi connectivity index (χ3v) is 5.17. The zero-order valence-corrected chi connectivity index (χ0v) is 14.6. The SMILES string of the molecule is CCN1C(=O)C2(CCOCC2)c2cc(NC(=O)c3cnccn3)ccc21. The number of ether oxygens (including phenoxy) is 1. The van der Waals surface area contributed by atoms with Crippen LogP contribution in [-0.4, -0.2) is 41.5 Å². The molecule has 7 heteroatoms. The smallest absolute Gasteiger partial charge is 0.275 e. The highest BCUT2D eigenvalue weighted by Gasteiger charge is 2.51. The molecule has 4 rings (SSSR count). The van der Waals surface area contributed by atoms with Crippen LogP contribution in [0.15, 0.2) is 36.8 Å². The van der Waals surface area contributed by atoms with Crippen molar-refractivity contribution < 1.29 is 14.3 Å². The van der Waals surface area contributed by atoms with Gasteiger partial charge in [-0.05, 0) is 43.5 Å². The molecule has 1 fully saturated rings. The number of amides is 2. The second-order valence-electron chi connectivity index (χ2n) is 6.52. The minimum absolute atomic E-state index is 0.135. The second-order valence-corrected chi connectivity index (χ2v) is 6.52. The first-order chi connectivity index (χ1) is 12.7. The fourth-order valence-electron chi connectivity index (χ4n) is 3.84. The Bertz CT molecular complexity index is 847. The molecular formula is C19H20N4O3. The molecule has 1 N–H and O–H groups in total. The summed E-state index contributed by atoms with van der Waals surface area (Å²) >= 11 is 0. The van der Waals surface area contributed by atoms with E-state index in [1.165, 1.54) is 18.6 Å². The number of hydrogen-bond acceptors (Lipinski definition) is 5. The standard InChI is InChI=1S/C19H20N4O3/c1-2-23-16-4-3-13(22-17(24)15-12-20-7-8-21-15)11-14(16)19(18(23)25)5-9-26-10-6-19/h3-4,7-8,11-12H,2,5-6,9-10H2,1H3,(H,22,24). The Morgan fingerprint density at radius 1 is 1.31 bits per heavy atom. The topological polar surface area (TPSA) is 84.4 Å². The van der Waals surface area contributed by atoms with Crippen molar-refractivity contribution in [1.82, 2.24) is 9.97 Å². The number of benzene rings is 1. The maximum Gasteiger partial charge on any atom is 0.275 e. The molecule has 1 saturated heterocycles. The molecule has 1 aromatic carbocycles. The van der Waals surface area contributed by atoms with E-state index in [4.69, 9.17) is 4.74 Å². The molecule has 2 aliphatic rings. The predicted molar refractivity (Wildman–Crippen MR) is 96.2 cm³/mol. The molecule has 3 heterocycles. The first-order valence-corrected chi connectivity index (χ1v) is 8.77. The van der Waals surface area contributed by atoms with Crippen molar-refractivity contribution in [3.05, 3.63) is 48.0 Å². The summed E-state index contributed by atoms with van der Waals surface area (Å²) in [6, 6.07) is 5.65. The van der Waals surface area contributed by atoms with E-state index in [0.29, 0.717) is 38.3 Å². The fourth-order valence-corrected chi connectivity index (χ4v) is 3.84. The summed E-state index contributed by atoms with van der Waals surface area (Å²) in [6.45, 7) is 3.74. The number of carbonyl (C=O) groups is 2. The van der Waals surface area contributed by atoms with Crippen LogP contribution in [0.2, 0.25) is 0 Å². The van der Waals surface area contributed by atoms with Gasteiger partial charge in [-0.15, -0.1) is 0 Å². The van der Waals surface area contributed by atoms with Gasteiger partial charge in [0.1, 0.15) is 5.69 Å². The lowest BCUT2D eigenvalue weighted by Crippen LogP contribution is -2.44. The van der Waals surface area contributed by atoms with Gasteiger partial charge in [0, 0.05) is 43.5 Å². The highest BCUT2D eigenvalue weighted by atomic mass is 16.5. The number of nitrogens with zero attached hydrogens (tertiary/aromatic N) is 3. The summed E-state index contributed by atoms with van der Waals surface area (Å²) in [5, 5.41) is 2.86. The predicted octanol–water partition coefficient (Wildman–Crippen LogP) is 2.14. The largest absolute Gasteiger partial charge is 0.381 e. The third kappa shape index (κ3) is 2.55. The van der Waals surface area contributed by atoms with Crippen LogP contribution in [0.3, 0.4) is 0 Å². The van der Waals surface area contributed by atoms with Gasteiger partial charge in [-0.25, -0.2) is 4.98 Å². The molecule has 0 bridgehead atoms. The number of rotatable bonds is 3. The minimum Gasteiger partial charge on any atom is -0.381 e. The van der Waals surface area contributed by atoms with Gasteiger partial charge in [-0.3, -0.25) is 14.6 Å². The van der Waals surface area contributed by atoms with Gasteiger partial charge in [0.25, 0.3) is 5.91 Å². The van der Waals surface area contributed by atoms with Crippen molar-refractivity contribution in [2.45, 2.75) is 25.2 Å². The van der Waals surface area contributed by atoms with Crippen LogP contribution in [0, 0.1) is 0 Å². The second kappa shape index (κ2) is 6.49. The first-order valence-electron chi connectivity index (χ1n) is 8.77. The lowest BCUT2D eigenvalue weighted by atomic mass is 9.75. The molecule has 7 nitrogen and oxygen atoms in total. The molecule has 1 aromatic heterocycles. The van der Waals surface area contributed by atoms with E-state index in [9.17, 15) is 9.59 Å². The zero-order valence-electron chi connectivity index (χ0n) is 14.6. The van der Waals surface area contributed by atoms with Gasteiger partial charge >= 0.3 is 0 Å². The van der Waals surface area contributed by atoms with Crippen molar-refractivity contribution in [2.75, 3.05) is 30.0 Å². The molecule has 0 saturated carbocycles. The van der Waals surface area contributed by atoms with Gasteiger partial charge in [-0.1, -0.05) is 0 Å². The molecule has 0 atom stereocenters. The van der Waals surface area contributed by atoms with Gasteiger partial charge in [0.2, 0.25) is 5.91 Å². The normalized spacial score (nSPS) is 18.0. The van der Waals surface area contributed by atoms with Gasteiger partial charge in [0.15, 0.2) is 0 Å². The van der Waals surface area contributed by atoms with Gasteiger partial charge < -0.3 is 15.0 Å². The average Bonchev–Trinajstić information content (AvgIpc) is 2.91. The van der Waals surface area contributed by atoms with Crippen LogP contribution in [0.1, 0.15) is 35.8 Å². The number of anilines is 2. The Balaban J connectivity index is 1.69. The van der Waals surface area contributed by atoms with Crippen LogP contribution in [0.4, 0.5) is 11.4 Å². The van der Waals surface area contributed by atoms with Crippen molar-refractivity contribution in [3.8, 4) is 0 Å². The summed E-state index contributed by atoms with van der Waals surface area (Å²) in [5.41, 5.74) is 2.26. The van der Waals surface area contributed by atoms with E-state index in [-0.39, 0.29) is 17.5 Å². The number of aromatic nitrogens is 2. The molecule has 26 heavy (non-hydrogen) atoms. The van der Waals surface area contributed by atoms with E-state index in [0.717, 1.165) is 11.3 Å². The summed E-state index contributed by atoms with van der Waals surface area (Å²) in [5.74, 6) is -0.188. The Kier molecular flexibility index (Phi) is 4.16. The van der Waals surface area contributed by atoms with Crippen molar-refractivity contribution in [3.63, 3.8) is 0 Å². The molecule has 134 valence electrons. The fraction of sp³-hybridized carbons (Fsp3) is 0.368. The van der Waals surface area contributed by atoms with E-state index < -0.39 is 5.41 Å². The van der Waals surface area contributed by atoms with Crippen LogP contribution in [0.25, 0.3) is 0 Å². The van der Waals surface area contributed by atoms with Crippen LogP contribution in [0.5, 0.6) is 0 Å². The maximum atomic E-state index is 13.1. The van der Waals surface area contributed by atoms with E-state index in [1.807, 2.05) is 30.0 Å². The molecule has 0 radical (unpaired) electrons. The molecular weight excluding hydrogens is 332 g/mol. The molecule has 0 unspecified atom stereocenters. The number of fused-ring (bicyclic) bond motifs is 2. The highest BCUT2D eigenvalue weighted by molar-refractivity contribution is 6.09. The van der Waals surface area contributed by atoms with Gasteiger partial charge in [-0.2, -0.15) is 0 Å². The van der Waals surface area contributed by atoms with E-state index in [2.05, 4.69) is 15.3 Å². The van der Waals surface area contributed by atoms with Crippen LogP contribution < -0.4 is 10.2 Å². The number of hydrogen-bond donors (Lipinski definition) is 1. The molecule has 2 amide bonds. The van der Waals surface area contributed by atoms with E-state index in [1.54, 1.807) is 0 Å². The van der Waals surface area contributed by atoms with Crippen molar-refractivity contribution in [1.29, 1.82) is 0 Å². The Morgan fingerprint density at radius 3 is 2.81 bits per heavy atom. The highest BCUT2D eigenvalue weighted by Crippen LogP contribution is 2.48. The summed E-state index contributed by atoms with van der Waals surface area (Å²) in [6.07, 6.45) is 5.75. The van der Waals surface area contributed by atoms with Crippen LogP contribution >= 0.6 is 0 Å². The average molecular weight is 352 g/mol. The molecule has 1 spiro atoms. The van der Waals surface area contributed by atoms with E-state index >= 15 is 0 Å². The zero-order chi connectivity index (χ0) is 18.1. The Hall–Kier alpha value is -2.80.